The van der Waals surface area contributed by atoms with Gasteiger partial charge in [0.1, 0.15) is 0 Å². The van der Waals surface area contributed by atoms with E-state index in [2.05, 4.69) is 5.32 Å². The predicted octanol–water partition coefficient (Wildman–Crippen LogP) is 0.843. The topological polar surface area (TPSA) is 43.6 Å². The first-order valence-corrected chi connectivity index (χ1v) is 4.89. The second-order valence-electron chi connectivity index (χ2n) is 3.13. The van der Waals surface area contributed by atoms with Crippen LogP contribution in [-0.2, 0) is 4.74 Å². The Morgan fingerprint density at radius 3 is 3.08 bits per heavy atom. The van der Waals surface area contributed by atoms with Crippen LogP contribution in [-0.4, -0.2) is 43.8 Å². The van der Waals surface area contributed by atoms with Crippen LogP contribution in [0.4, 0.5) is 4.79 Å². The van der Waals surface area contributed by atoms with E-state index in [0.29, 0.717) is 13.2 Å². The molecule has 0 aromatic rings. The zero-order valence-electron chi connectivity index (χ0n) is 8.16. The van der Waals surface area contributed by atoms with Crippen LogP contribution >= 0.6 is 0 Å². The molecule has 1 radical (unpaired) electrons. The van der Waals surface area contributed by atoms with Crippen LogP contribution in [0.1, 0.15) is 19.8 Å². The summed E-state index contributed by atoms with van der Waals surface area (Å²) in [6.45, 7) is 5.63. The Hall–Kier alpha value is -0.770. The fourth-order valence-corrected chi connectivity index (χ4v) is 1.25. The molecule has 0 atom stereocenters. The van der Waals surface area contributed by atoms with E-state index in [1.807, 2.05) is 6.92 Å². The highest BCUT2D eigenvalue weighted by molar-refractivity contribution is 5.67. The zero-order chi connectivity index (χ0) is 9.52. The number of carbonyl (C=O) groups excluding carboxylic acids is 1. The average Bonchev–Trinajstić information content (AvgIpc) is 2.42. The van der Waals surface area contributed by atoms with Crippen LogP contribution in [0.15, 0.2) is 0 Å². The van der Waals surface area contributed by atoms with Gasteiger partial charge >= 0.3 is 6.09 Å². The number of nitrogens with zero attached hydrogens (tertiary/aromatic N) is 2. The third kappa shape index (κ3) is 3.63. The molecule has 0 spiro atoms. The summed E-state index contributed by atoms with van der Waals surface area (Å²) < 4.78 is 5.03. The van der Waals surface area contributed by atoms with Crippen LogP contribution < -0.4 is 5.32 Å². The molecular formula is C9H17N2O2. The Bertz CT molecular complexity index is 154. The maximum atomic E-state index is 11.4. The largest absolute Gasteiger partial charge is 0.449 e. The molecule has 75 valence electrons. The van der Waals surface area contributed by atoms with Gasteiger partial charge in [-0.2, -0.15) is 0 Å². The summed E-state index contributed by atoms with van der Waals surface area (Å²) in [5.41, 5.74) is 0. The van der Waals surface area contributed by atoms with Crippen molar-refractivity contribution in [3.63, 3.8) is 0 Å². The molecule has 1 rings (SSSR count). The molecule has 0 bridgehead atoms. The van der Waals surface area contributed by atoms with Crippen LogP contribution in [0, 0.1) is 0 Å². The molecule has 1 aliphatic rings. The van der Waals surface area contributed by atoms with Gasteiger partial charge in [0, 0.05) is 26.2 Å². The van der Waals surface area contributed by atoms with Gasteiger partial charge in [0.2, 0.25) is 0 Å². The quantitative estimate of drug-likeness (QED) is 0.640. The Morgan fingerprint density at radius 2 is 2.31 bits per heavy atom. The molecule has 1 aliphatic heterocycles. The van der Waals surface area contributed by atoms with Crippen molar-refractivity contribution in [1.29, 1.82) is 0 Å². The van der Waals surface area contributed by atoms with Crippen molar-refractivity contribution in [2.24, 2.45) is 0 Å². The summed E-state index contributed by atoms with van der Waals surface area (Å²) in [4.78, 5) is 13.1. The Labute approximate surface area is 79.2 Å². The van der Waals surface area contributed by atoms with Crippen molar-refractivity contribution in [3.8, 4) is 0 Å². The highest BCUT2D eigenvalue weighted by Gasteiger charge is 2.15. The third-order valence-corrected chi connectivity index (χ3v) is 1.96. The van der Waals surface area contributed by atoms with Crippen molar-refractivity contribution in [2.75, 3.05) is 32.8 Å². The minimum Gasteiger partial charge on any atom is -0.449 e. The van der Waals surface area contributed by atoms with Gasteiger partial charge in [-0.25, -0.2) is 10.1 Å². The summed E-state index contributed by atoms with van der Waals surface area (Å²) in [5, 5.41) is 4.23. The standard InChI is InChI=1S/C9H17N2O2/c1-2-8-13-9(12)11-6-3-4-10-5-7-11/h2-8H2,1H3. The lowest BCUT2D eigenvalue weighted by Crippen LogP contribution is -2.34. The molecule has 0 N–H and O–H groups in total. The number of amides is 1. The van der Waals surface area contributed by atoms with Gasteiger partial charge in [-0.15, -0.1) is 0 Å². The number of rotatable bonds is 2. The molecule has 1 fully saturated rings. The molecule has 1 amide bonds. The number of ether oxygens (including phenoxy) is 1. The minimum absolute atomic E-state index is 0.182. The molecule has 4 heteroatoms. The van der Waals surface area contributed by atoms with E-state index in [1.54, 1.807) is 4.90 Å². The van der Waals surface area contributed by atoms with E-state index in [0.717, 1.165) is 32.5 Å². The first kappa shape index (κ1) is 10.3. The fraction of sp³-hybridized carbons (Fsp3) is 0.889. The molecule has 0 saturated carbocycles. The minimum atomic E-state index is -0.182. The van der Waals surface area contributed by atoms with Crippen molar-refractivity contribution >= 4 is 6.09 Å². The highest BCUT2D eigenvalue weighted by atomic mass is 16.6. The third-order valence-electron chi connectivity index (χ3n) is 1.96. The molecule has 4 nitrogen and oxygen atoms in total. The van der Waals surface area contributed by atoms with E-state index in [9.17, 15) is 4.79 Å². The number of hydrogen-bond donors (Lipinski definition) is 0. The lowest BCUT2D eigenvalue weighted by molar-refractivity contribution is 0.105. The molecule has 0 unspecified atom stereocenters. The Balaban J connectivity index is 2.26. The van der Waals surface area contributed by atoms with Gasteiger partial charge in [-0.3, -0.25) is 0 Å². The molecule has 0 aromatic carbocycles. The normalized spacial score (nSPS) is 18.1. The molecular weight excluding hydrogens is 168 g/mol. The summed E-state index contributed by atoms with van der Waals surface area (Å²) in [7, 11) is 0. The first-order valence-electron chi connectivity index (χ1n) is 4.89. The monoisotopic (exact) mass is 185 g/mol. The van der Waals surface area contributed by atoms with Gasteiger partial charge in [0.25, 0.3) is 0 Å². The molecule has 0 aliphatic carbocycles. The maximum absolute atomic E-state index is 11.4. The van der Waals surface area contributed by atoms with Gasteiger partial charge in [-0.1, -0.05) is 6.92 Å². The summed E-state index contributed by atoms with van der Waals surface area (Å²) in [6, 6.07) is 0. The summed E-state index contributed by atoms with van der Waals surface area (Å²) >= 11 is 0. The van der Waals surface area contributed by atoms with Crippen LogP contribution in [0.3, 0.4) is 0 Å². The Kier molecular flexibility index (Phi) is 4.60. The van der Waals surface area contributed by atoms with Crippen molar-refractivity contribution in [1.82, 2.24) is 10.2 Å². The smallest absolute Gasteiger partial charge is 0.409 e. The second-order valence-corrected chi connectivity index (χ2v) is 3.13. The fourth-order valence-electron chi connectivity index (χ4n) is 1.25. The average molecular weight is 185 g/mol. The second kappa shape index (κ2) is 5.80. The van der Waals surface area contributed by atoms with Gasteiger partial charge in [-0.05, 0) is 12.8 Å². The van der Waals surface area contributed by atoms with Crippen LogP contribution in [0.25, 0.3) is 0 Å². The lowest BCUT2D eigenvalue weighted by Gasteiger charge is -2.18. The van der Waals surface area contributed by atoms with E-state index in [4.69, 9.17) is 4.74 Å². The van der Waals surface area contributed by atoms with Crippen molar-refractivity contribution in [2.45, 2.75) is 19.8 Å². The van der Waals surface area contributed by atoms with E-state index in [-0.39, 0.29) is 6.09 Å². The molecule has 13 heavy (non-hydrogen) atoms. The van der Waals surface area contributed by atoms with E-state index < -0.39 is 0 Å². The maximum Gasteiger partial charge on any atom is 0.409 e. The van der Waals surface area contributed by atoms with Gasteiger partial charge in [0.05, 0.1) is 6.61 Å². The highest BCUT2D eigenvalue weighted by Crippen LogP contribution is 1.99. The van der Waals surface area contributed by atoms with Crippen molar-refractivity contribution < 1.29 is 9.53 Å². The SMILES string of the molecule is CCCOC(=O)N1CCC[N]CC1. The first-order chi connectivity index (χ1) is 6.34. The van der Waals surface area contributed by atoms with Crippen molar-refractivity contribution in [3.05, 3.63) is 0 Å². The Morgan fingerprint density at radius 1 is 1.46 bits per heavy atom. The lowest BCUT2D eigenvalue weighted by atomic mass is 10.4. The summed E-state index contributed by atoms with van der Waals surface area (Å²) in [6.07, 6.45) is 1.66. The predicted molar refractivity (Wildman–Crippen MR) is 49.7 cm³/mol. The van der Waals surface area contributed by atoms with Crippen LogP contribution in [0.5, 0.6) is 0 Å². The van der Waals surface area contributed by atoms with E-state index in [1.165, 1.54) is 0 Å². The molecule has 1 heterocycles. The van der Waals surface area contributed by atoms with Gasteiger partial charge in [0.15, 0.2) is 0 Å². The zero-order valence-corrected chi connectivity index (χ0v) is 8.16. The van der Waals surface area contributed by atoms with Crippen LogP contribution in [0.2, 0.25) is 0 Å². The number of carbonyl (C=O) groups is 1. The van der Waals surface area contributed by atoms with E-state index >= 15 is 0 Å². The number of hydrogen-bond acceptors (Lipinski definition) is 2. The molecule has 0 aromatic heterocycles. The molecule has 1 saturated heterocycles. The van der Waals surface area contributed by atoms with Gasteiger partial charge < -0.3 is 9.64 Å². The summed E-state index contributed by atoms with van der Waals surface area (Å²) in [5.74, 6) is 0.